The molecule has 4 heteroatoms. The number of allylic oxidation sites excluding steroid dienone is 1. The molecule has 1 aliphatic rings. The molecule has 1 fully saturated rings. The van der Waals surface area contributed by atoms with Crippen LogP contribution in [0.4, 0.5) is 0 Å². The fraction of sp³-hybridized carbons (Fsp3) is 0.800. The van der Waals surface area contributed by atoms with Gasteiger partial charge in [-0.3, -0.25) is 0 Å². The summed E-state index contributed by atoms with van der Waals surface area (Å²) in [5.41, 5.74) is 1.40. The average molecular weight is 233 g/mol. The first-order valence-corrected chi connectivity index (χ1v) is 7.24. The van der Waals surface area contributed by atoms with Gasteiger partial charge in [0.15, 0.2) is 0 Å². The molecule has 0 amide bonds. The van der Waals surface area contributed by atoms with Gasteiger partial charge in [0.2, 0.25) is 0 Å². The lowest BCUT2D eigenvalue weighted by atomic mass is 10.2. The van der Waals surface area contributed by atoms with Crippen LogP contribution in [0.2, 0.25) is 0 Å². The van der Waals surface area contributed by atoms with E-state index in [2.05, 4.69) is 4.72 Å². The summed E-state index contributed by atoms with van der Waals surface area (Å²) in [4.78, 5) is 0. The Kier molecular flexibility index (Phi) is 4.51. The van der Waals surface area contributed by atoms with Gasteiger partial charge in [0.25, 0.3) is 0 Å². The van der Waals surface area contributed by atoms with Crippen LogP contribution in [0.5, 0.6) is 0 Å². The Balaban J connectivity index is 2.41. The van der Waals surface area contributed by atoms with E-state index in [-0.39, 0.29) is 4.75 Å². The largest absolute Gasteiger partial charge is 0.312 e. The van der Waals surface area contributed by atoms with Crippen molar-refractivity contribution in [3.63, 3.8) is 0 Å². The summed E-state index contributed by atoms with van der Waals surface area (Å²) < 4.78 is 14.5. The highest BCUT2D eigenvalue weighted by Crippen LogP contribution is 2.21. The molecule has 1 saturated heterocycles. The maximum Gasteiger partial charge on any atom is 0.122 e. The Bertz CT molecular complexity index is 235. The van der Waals surface area contributed by atoms with Gasteiger partial charge < -0.3 is 4.72 Å². The summed E-state index contributed by atoms with van der Waals surface area (Å²) in [6.45, 7) is 5.93. The van der Waals surface area contributed by atoms with Gasteiger partial charge in [-0.25, -0.2) is 4.21 Å². The molecule has 0 aromatic carbocycles. The highest BCUT2D eigenvalue weighted by Gasteiger charge is 2.18. The first-order chi connectivity index (χ1) is 6.50. The SMILES string of the molecule is CC(C)(C)S(=O)NC=C1CCSCC1. The number of nitrogens with one attached hydrogen (secondary N) is 1. The predicted molar refractivity (Wildman–Crippen MR) is 65.7 cm³/mol. The first kappa shape index (κ1) is 12.1. The van der Waals surface area contributed by atoms with Crippen LogP contribution in [-0.2, 0) is 11.0 Å². The third-order valence-corrected chi connectivity index (χ3v) is 4.49. The minimum atomic E-state index is -0.972. The van der Waals surface area contributed by atoms with Crippen molar-refractivity contribution in [2.75, 3.05) is 11.5 Å². The molecule has 0 aromatic rings. The number of hydrogen-bond donors (Lipinski definition) is 1. The Morgan fingerprint density at radius 2 is 1.93 bits per heavy atom. The van der Waals surface area contributed by atoms with E-state index in [1.165, 1.54) is 17.1 Å². The molecule has 14 heavy (non-hydrogen) atoms. The standard InChI is InChI=1S/C10H19NOS2/c1-10(2,3)14(12)11-8-9-4-6-13-7-5-9/h8,11H,4-7H2,1-3H3. The third-order valence-electron chi connectivity index (χ3n) is 2.06. The minimum absolute atomic E-state index is 0.180. The van der Waals surface area contributed by atoms with Crippen molar-refractivity contribution in [3.8, 4) is 0 Å². The number of thioether (sulfide) groups is 1. The van der Waals surface area contributed by atoms with E-state index in [1.54, 1.807) is 0 Å². The van der Waals surface area contributed by atoms with Crippen LogP contribution in [0, 0.1) is 0 Å². The molecule has 1 aliphatic heterocycles. The van der Waals surface area contributed by atoms with Gasteiger partial charge in [-0.2, -0.15) is 11.8 Å². The lowest BCUT2D eigenvalue weighted by molar-refractivity contribution is 0.643. The van der Waals surface area contributed by atoms with Gasteiger partial charge in [-0.1, -0.05) is 5.57 Å². The van der Waals surface area contributed by atoms with E-state index < -0.39 is 11.0 Å². The Labute approximate surface area is 93.5 Å². The quantitative estimate of drug-likeness (QED) is 0.794. The second kappa shape index (κ2) is 5.21. The van der Waals surface area contributed by atoms with Crippen molar-refractivity contribution in [1.82, 2.24) is 4.72 Å². The van der Waals surface area contributed by atoms with Crippen molar-refractivity contribution < 1.29 is 4.21 Å². The zero-order valence-electron chi connectivity index (χ0n) is 9.13. The van der Waals surface area contributed by atoms with Gasteiger partial charge in [0.1, 0.15) is 11.0 Å². The van der Waals surface area contributed by atoms with Crippen molar-refractivity contribution in [1.29, 1.82) is 0 Å². The van der Waals surface area contributed by atoms with Crippen molar-refractivity contribution >= 4 is 22.7 Å². The lowest BCUT2D eigenvalue weighted by Crippen LogP contribution is -2.30. The normalized spacial score (nSPS) is 20.4. The number of rotatable bonds is 2. The summed E-state index contributed by atoms with van der Waals surface area (Å²) in [7, 11) is -0.972. The smallest absolute Gasteiger partial charge is 0.122 e. The molecule has 0 radical (unpaired) electrons. The van der Waals surface area contributed by atoms with Crippen molar-refractivity contribution in [2.45, 2.75) is 38.4 Å². The van der Waals surface area contributed by atoms with E-state index in [1.807, 2.05) is 38.7 Å². The minimum Gasteiger partial charge on any atom is -0.312 e. The Morgan fingerprint density at radius 1 is 1.36 bits per heavy atom. The molecule has 1 unspecified atom stereocenters. The van der Waals surface area contributed by atoms with Crippen LogP contribution >= 0.6 is 11.8 Å². The average Bonchev–Trinajstić information content (AvgIpc) is 2.14. The van der Waals surface area contributed by atoms with Gasteiger partial charge in [0, 0.05) is 6.20 Å². The maximum absolute atomic E-state index is 11.7. The molecule has 1 rings (SSSR count). The highest BCUT2D eigenvalue weighted by molar-refractivity contribution is 7.99. The van der Waals surface area contributed by atoms with Gasteiger partial charge in [0.05, 0.1) is 4.75 Å². The summed E-state index contributed by atoms with van der Waals surface area (Å²) >= 11 is 1.99. The van der Waals surface area contributed by atoms with Gasteiger partial charge in [-0.05, 0) is 45.1 Å². The molecule has 0 spiro atoms. The molecular weight excluding hydrogens is 214 g/mol. The van der Waals surface area contributed by atoms with E-state index in [0.717, 1.165) is 12.8 Å². The van der Waals surface area contributed by atoms with Crippen LogP contribution in [0.1, 0.15) is 33.6 Å². The van der Waals surface area contributed by atoms with E-state index in [9.17, 15) is 4.21 Å². The fourth-order valence-electron chi connectivity index (χ4n) is 1.09. The summed E-state index contributed by atoms with van der Waals surface area (Å²) in [5, 5.41) is 0. The Morgan fingerprint density at radius 3 is 2.43 bits per heavy atom. The van der Waals surface area contributed by atoms with Crippen molar-refractivity contribution in [2.24, 2.45) is 0 Å². The molecule has 2 nitrogen and oxygen atoms in total. The Hall–Kier alpha value is 0.0400. The van der Waals surface area contributed by atoms with E-state index in [0.29, 0.717) is 0 Å². The monoisotopic (exact) mass is 233 g/mol. The van der Waals surface area contributed by atoms with Crippen LogP contribution in [0.15, 0.2) is 11.8 Å². The van der Waals surface area contributed by atoms with Crippen LogP contribution in [0.25, 0.3) is 0 Å². The molecule has 0 bridgehead atoms. The number of hydrogen-bond acceptors (Lipinski definition) is 2. The third kappa shape index (κ3) is 4.05. The second-order valence-electron chi connectivity index (χ2n) is 4.41. The molecule has 0 aromatic heterocycles. The molecular formula is C10H19NOS2. The lowest BCUT2D eigenvalue weighted by Gasteiger charge is -2.18. The second-order valence-corrected chi connectivity index (χ2v) is 7.64. The van der Waals surface area contributed by atoms with Crippen LogP contribution in [-0.4, -0.2) is 20.5 Å². The topological polar surface area (TPSA) is 29.1 Å². The molecule has 0 aliphatic carbocycles. The predicted octanol–water partition coefficient (Wildman–Crippen LogP) is 2.45. The fourth-order valence-corrected chi connectivity index (χ4v) is 2.74. The first-order valence-electron chi connectivity index (χ1n) is 4.94. The highest BCUT2D eigenvalue weighted by atomic mass is 32.2. The van der Waals surface area contributed by atoms with Crippen LogP contribution < -0.4 is 4.72 Å². The molecule has 1 heterocycles. The van der Waals surface area contributed by atoms with E-state index >= 15 is 0 Å². The summed E-state index contributed by atoms with van der Waals surface area (Å²) in [5.74, 6) is 2.41. The molecule has 82 valence electrons. The zero-order chi connectivity index (χ0) is 10.6. The molecule has 1 N–H and O–H groups in total. The van der Waals surface area contributed by atoms with E-state index in [4.69, 9.17) is 0 Å². The van der Waals surface area contributed by atoms with Gasteiger partial charge in [-0.15, -0.1) is 0 Å². The zero-order valence-corrected chi connectivity index (χ0v) is 10.8. The van der Waals surface area contributed by atoms with Gasteiger partial charge >= 0.3 is 0 Å². The molecule has 1 atom stereocenters. The van der Waals surface area contributed by atoms with Crippen LogP contribution in [0.3, 0.4) is 0 Å². The van der Waals surface area contributed by atoms with Crippen molar-refractivity contribution in [3.05, 3.63) is 11.8 Å². The summed E-state index contributed by atoms with van der Waals surface area (Å²) in [6, 6.07) is 0. The summed E-state index contributed by atoms with van der Waals surface area (Å²) in [6.07, 6.45) is 4.24. The molecule has 0 saturated carbocycles. The maximum atomic E-state index is 11.7.